The highest BCUT2D eigenvalue weighted by Crippen LogP contribution is 2.24. The van der Waals surface area contributed by atoms with Crippen molar-refractivity contribution in [1.82, 2.24) is 9.88 Å². The number of carbonyl (C=O) groups is 1. The van der Waals surface area contributed by atoms with E-state index >= 15 is 0 Å². The Balaban J connectivity index is 1.49. The number of aromatic nitrogens is 1. The van der Waals surface area contributed by atoms with E-state index in [-0.39, 0.29) is 5.92 Å². The highest BCUT2D eigenvalue weighted by molar-refractivity contribution is 5.78. The van der Waals surface area contributed by atoms with Gasteiger partial charge in [-0.15, -0.1) is 0 Å². The van der Waals surface area contributed by atoms with Gasteiger partial charge in [0.15, 0.2) is 0 Å². The van der Waals surface area contributed by atoms with Gasteiger partial charge in [-0.05, 0) is 50.7 Å². The zero-order valence-electron chi connectivity index (χ0n) is 14.7. The molecule has 3 rings (SSSR count). The molecular formula is C19H29N3O2. The number of ether oxygens (including phenoxy) is 1. The van der Waals surface area contributed by atoms with Crippen LogP contribution in [0.15, 0.2) is 24.4 Å². The zero-order valence-corrected chi connectivity index (χ0v) is 14.7. The number of hydrogen-bond donors (Lipinski definition) is 0. The van der Waals surface area contributed by atoms with Crippen LogP contribution in [0, 0.1) is 11.8 Å². The van der Waals surface area contributed by atoms with Crippen molar-refractivity contribution < 1.29 is 9.53 Å². The van der Waals surface area contributed by atoms with Crippen LogP contribution in [0.5, 0.6) is 0 Å². The molecule has 3 heterocycles. The zero-order chi connectivity index (χ0) is 16.8. The first kappa shape index (κ1) is 17.2. The molecule has 0 saturated carbocycles. The Morgan fingerprint density at radius 1 is 1.25 bits per heavy atom. The van der Waals surface area contributed by atoms with E-state index in [2.05, 4.69) is 27.8 Å². The predicted molar refractivity (Wildman–Crippen MR) is 95.0 cm³/mol. The third kappa shape index (κ3) is 4.26. The Hall–Kier alpha value is -1.62. The van der Waals surface area contributed by atoms with Crippen molar-refractivity contribution in [3.05, 3.63) is 24.4 Å². The standard InChI is InChI=1S/C19H29N3O2/c1-2-21(19(23)17-8-13-24-14-9-17)15-16-6-11-22(12-7-16)18-5-3-4-10-20-18/h3-5,10,16-17H,2,6-9,11-15H2,1H3. The van der Waals surface area contributed by atoms with Gasteiger partial charge in [0.2, 0.25) is 5.91 Å². The van der Waals surface area contributed by atoms with E-state index < -0.39 is 0 Å². The first-order chi connectivity index (χ1) is 11.8. The minimum absolute atomic E-state index is 0.173. The molecule has 1 aromatic heterocycles. The summed E-state index contributed by atoms with van der Waals surface area (Å²) in [5.41, 5.74) is 0. The van der Waals surface area contributed by atoms with Crippen molar-refractivity contribution in [3.8, 4) is 0 Å². The predicted octanol–water partition coefficient (Wildman–Crippen LogP) is 2.57. The molecule has 0 aromatic carbocycles. The fourth-order valence-electron chi connectivity index (χ4n) is 3.77. The molecule has 132 valence electrons. The Kier molecular flexibility index (Phi) is 6.07. The number of nitrogens with zero attached hydrogens (tertiary/aromatic N) is 3. The molecule has 0 bridgehead atoms. The number of rotatable bonds is 5. The lowest BCUT2D eigenvalue weighted by molar-refractivity contribution is -0.139. The summed E-state index contributed by atoms with van der Waals surface area (Å²) in [5.74, 6) is 2.19. The smallest absolute Gasteiger partial charge is 0.225 e. The van der Waals surface area contributed by atoms with E-state index in [1.165, 1.54) is 0 Å². The molecule has 0 N–H and O–H groups in total. The Morgan fingerprint density at radius 3 is 2.62 bits per heavy atom. The summed E-state index contributed by atoms with van der Waals surface area (Å²) in [6.45, 7) is 7.35. The van der Waals surface area contributed by atoms with E-state index in [9.17, 15) is 4.79 Å². The minimum atomic E-state index is 0.173. The summed E-state index contributed by atoms with van der Waals surface area (Å²) >= 11 is 0. The van der Waals surface area contributed by atoms with Crippen LogP contribution in [0.1, 0.15) is 32.6 Å². The summed E-state index contributed by atoms with van der Waals surface area (Å²) < 4.78 is 5.38. The molecule has 0 unspecified atom stereocenters. The molecule has 24 heavy (non-hydrogen) atoms. The Bertz CT molecular complexity index is 509. The molecule has 2 aliphatic heterocycles. The van der Waals surface area contributed by atoms with Gasteiger partial charge in [-0.3, -0.25) is 4.79 Å². The Morgan fingerprint density at radius 2 is 2.00 bits per heavy atom. The fourth-order valence-corrected chi connectivity index (χ4v) is 3.77. The third-order valence-corrected chi connectivity index (χ3v) is 5.33. The van der Waals surface area contributed by atoms with Crippen molar-refractivity contribution in [3.63, 3.8) is 0 Å². The number of amides is 1. The van der Waals surface area contributed by atoms with E-state index in [0.717, 1.165) is 70.9 Å². The molecule has 1 aromatic rings. The lowest BCUT2D eigenvalue weighted by atomic mass is 9.94. The summed E-state index contributed by atoms with van der Waals surface area (Å²) in [4.78, 5) is 21.6. The molecule has 0 spiro atoms. The molecule has 0 atom stereocenters. The molecule has 2 fully saturated rings. The van der Waals surface area contributed by atoms with Crippen LogP contribution in [0.3, 0.4) is 0 Å². The van der Waals surface area contributed by atoms with Crippen LogP contribution in [0.2, 0.25) is 0 Å². The van der Waals surface area contributed by atoms with E-state index in [1.54, 1.807) is 0 Å². The van der Waals surface area contributed by atoms with Crippen LogP contribution >= 0.6 is 0 Å². The number of hydrogen-bond acceptors (Lipinski definition) is 4. The maximum Gasteiger partial charge on any atom is 0.225 e. The van der Waals surface area contributed by atoms with Crippen molar-refractivity contribution in [2.75, 3.05) is 44.3 Å². The quantitative estimate of drug-likeness (QED) is 0.832. The van der Waals surface area contributed by atoms with Gasteiger partial charge in [0.25, 0.3) is 0 Å². The lowest BCUT2D eigenvalue weighted by Gasteiger charge is -2.36. The van der Waals surface area contributed by atoms with Crippen LogP contribution < -0.4 is 4.90 Å². The monoisotopic (exact) mass is 331 g/mol. The summed E-state index contributed by atoms with van der Waals surface area (Å²) in [6, 6.07) is 6.07. The average Bonchev–Trinajstić information content (AvgIpc) is 2.67. The van der Waals surface area contributed by atoms with Crippen molar-refractivity contribution >= 4 is 11.7 Å². The molecule has 0 aliphatic carbocycles. The normalized spacial score (nSPS) is 20.1. The second kappa shape index (κ2) is 8.47. The average molecular weight is 331 g/mol. The largest absolute Gasteiger partial charge is 0.381 e. The number of pyridine rings is 1. The summed E-state index contributed by atoms with van der Waals surface area (Å²) in [7, 11) is 0. The molecule has 1 amide bonds. The van der Waals surface area contributed by atoms with Crippen molar-refractivity contribution in [2.45, 2.75) is 32.6 Å². The van der Waals surface area contributed by atoms with E-state index in [4.69, 9.17) is 4.74 Å². The van der Waals surface area contributed by atoms with Gasteiger partial charge < -0.3 is 14.5 Å². The third-order valence-electron chi connectivity index (χ3n) is 5.33. The highest BCUT2D eigenvalue weighted by atomic mass is 16.5. The first-order valence-electron chi connectivity index (χ1n) is 9.30. The molecule has 0 radical (unpaired) electrons. The maximum absolute atomic E-state index is 12.7. The maximum atomic E-state index is 12.7. The van der Waals surface area contributed by atoms with E-state index in [0.29, 0.717) is 11.8 Å². The van der Waals surface area contributed by atoms with Crippen LogP contribution in [-0.4, -0.2) is 55.2 Å². The van der Waals surface area contributed by atoms with E-state index in [1.807, 2.05) is 18.3 Å². The molecular weight excluding hydrogens is 302 g/mol. The molecule has 2 aliphatic rings. The SMILES string of the molecule is CCN(CC1CCN(c2ccccn2)CC1)C(=O)C1CCOCC1. The van der Waals surface area contributed by atoms with Gasteiger partial charge in [0.1, 0.15) is 5.82 Å². The van der Waals surface area contributed by atoms with Gasteiger partial charge in [-0.25, -0.2) is 4.98 Å². The Labute approximate surface area is 145 Å². The molecule has 2 saturated heterocycles. The second-order valence-electron chi connectivity index (χ2n) is 6.88. The van der Waals surface area contributed by atoms with Crippen LogP contribution in [0.25, 0.3) is 0 Å². The topological polar surface area (TPSA) is 45.7 Å². The van der Waals surface area contributed by atoms with Crippen molar-refractivity contribution in [2.24, 2.45) is 11.8 Å². The minimum Gasteiger partial charge on any atom is -0.381 e. The van der Waals surface area contributed by atoms with Gasteiger partial charge in [0, 0.05) is 51.5 Å². The van der Waals surface area contributed by atoms with Crippen molar-refractivity contribution in [1.29, 1.82) is 0 Å². The van der Waals surface area contributed by atoms with Gasteiger partial charge in [-0.2, -0.15) is 0 Å². The van der Waals surface area contributed by atoms with Gasteiger partial charge in [0.05, 0.1) is 0 Å². The summed E-state index contributed by atoms with van der Waals surface area (Å²) in [6.07, 6.45) is 5.88. The van der Waals surface area contributed by atoms with Crippen LogP contribution in [0.4, 0.5) is 5.82 Å². The first-order valence-corrected chi connectivity index (χ1v) is 9.30. The summed E-state index contributed by atoms with van der Waals surface area (Å²) in [5, 5.41) is 0. The number of carbonyl (C=O) groups excluding carboxylic acids is 1. The number of anilines is 1. The molecule has 5 heteroatoms. The van der Waals surface area contributed by atoms with Gasteiger partial charge >= 0.3 is 0 Å². The number of piperidine rings is 1. The fraction of sp³-hybridized carbons (Fsp3) is 0.684. The second-order valence-corrected chi connectivity index (χ2v) is 6.88. The molecule has 5 nitrogen and oxygen atoms in total. The lowest BCUT2D eigenvalue weighted by Crippen LogP contribution is -2.44. The van der Waals surface area contributed by atoms with Crippen LogP contribution in [-0.2, 0) is 9.53 Å². The van der Waals surface area contributed by atoms with Gasteiger partial charge in [-0.1, -0.05) is 6.07 Å². The highest BCUT2D eigenvalue weighted by Gasteiger charge is 2.28.